The van der Waals surface area contributed by atoms with Crippen LogP contribution in [0.3, 0.4) is 0 Å². The summed E-state index contributed by atoms with van der Waals surface area (Å²) in [5.74, 6) is 0.952. The average molecular weight is 626 g/mol. The standard InChI is InChI=1S/C34H47NO8Si/c1-23-26(34(5,41-8)21-31(40-7)32(23)36)20-29(43-44(9,10)33(2,3)4)27(35(37)38)18-25-16-17-28(39-6)30(19-25)42-22-24-14-12-11-13-15-24/h11-17,19,21,27,29H,18,20,22H2,1-10H3/t27-,29-,34+/m1/s1. The third-order valence-electron chi connectivity index (χ3n) is 8.93. The first-order valence-corrected chi connectivity index (χ1v) is 17.7. The van der Waals surface area contributed by atoms with Gasteiger partial charge in [-0.25, -0.2) is 0 Å². The number of carbonyl (C=O) groups excluding carboxylic acids is 1. The molecule has 0 aliphatic heterocycles. The van der Waals surface area contributed by atoms with Crippen LogP contribution in [0, 0.1) is 10.1 Å². The zero-order chi connectivity index (χ0) is 32.9. The fraction of sp³-hybridized carbons (Fsp3) is 0.500. The molecule has 0 spiro atoms. The van der Waals surface area contributed by atoms with Crippen LogP contribution in [0.5, 0.6) is 11.5 Å². The van der Waals surface area contributed by atoms with E-state index in [9.17, 15) is 14.9 Å². The minimum atomic E-state index is -2.51. The van der Waals surface area contributed by atoms with Crippen LogP contribution in [0.25, 0.3) is 0 Å². The Kier molecular flexibility index (Phi) is 11.2. The summed E-state index contributed by atoms with van der Waals surface area (Å²) in [6.07, 6.45) is 1.02. The molecule has 0 bridgehead atoms. The van der Waals surface area contributed by atoms with Gasteiger partial charge >= 0.3 is 0 Å². The lowest BCUT2D eigenvalue weighted by atomic mass is 9.80. The Morgan fingerprint density at radius 1 is 0.955 bits per heavy atom. The maximum absolute atomic E-state index is 13.2. The zero-order valence-corrected chi connectivity index (χ0v) is 28.7. The molecule has 1 aliphatic carbocycles. The summed E-state index contributed by atoms with van der Waals surface area (Å²) in [5, 5.41) is 12.7. The van der Waals surface area contributed by atoms with Gasteiger partial charge in [0.15, 0.2) is 25.6 Å². The molecule has 0 unspecified atom stereocenters. The number of rotatable bonds is 14. The van der Waals surface area contributed by atoms with Gasteiger partial charge in [0.25, 0.3) is 0 Å². The predicted molar refractivity (Wildman–Crippen MR) is 173 cm³/mol. The SMILES string of the molecule is COC1=C[C@](C)(OC)C(C[C@@H](O[Si](C)(C)C(C)(C)C)[C@@H](Cc2ccc(OC)c(OCc3ccccc3)c2)[N+](=O)[O-])=C(C)C1=O. The van der Waals surface area contributed by atoms with Crippen LogP contribution >= 0.6 is 0 Å². The van der Waals surface area contributed by atoms with E-state index in [-0.39, 0.29) is 34.3 Å². The molecule has 240 valence electrons. The number of nitrogens with zero attached hydrogens (tertiary/aromatic N) is 1. The lowest BCUT2D eigenvalue weighted by Crippen LogP contribution is -2.50. The Morgan fingerprint density at radius 3 is 2.16 bits per heavy atom. The summed E-state index contributed by atoms with van der Waals surface area (Å²) in [6.45, 7) is 14.3. The second-order valence-corrected chi connectivity index (χ2v) is 17.6. The van der Waals surface area contributed by atoms with Gasteiger partial charge in [-0.2, -0.15) is 0 Å². The first-order valence-electron chi connectivity index (χ1n) is 14.8. The van der Waals surface area contributed by atoms with E-state index >= 15 is 0 Å². The Hall–Kier alpha value is -3.47. The minimum absolute atomic E-state index is 0.0844. The molecule has 1 aliphatic rings. The van der Waals surface area contributed by atoms with Crippen molar-refractivity contribution in [3.8, 4) is 11.5 Å². The molecule has 2 aromatic rings. The molecule has 2 aromatic carbocycles. The largest absolute Gasteiger partial charge is 0.493 e. The van der Waals surface area contributed by atoms with Crippen LogP contribution in [0.2, 0.25) is 18.1 Å². The van der Waals surface area contributed by atoms with E-state index in [1.54, 1.807) is 39.4 Å². The maximum Gasteiger partial charge on any atom is 0.241 e. The summed E-state index contributed by atoms with van der Waals surface area (Å²) in [6, 6.07) is 14.0. The highest BCUT2D eigenvalue weighted by Gasteiger charge is 2.46. The van der Waals surface area contributed by atoms with E-state index in [0.29, 0.717) is 34.8 Å². The summed E-state index contributed by atoms with van der Waals surface area (Å²) < 4.78 is 29.7. The number of hydrogen-bond acceptors (Lipinski definition) is 8. The molecular formula is C34H47NO8Si. The molecule has 0 saturated carbocycles. The molecule has 3 rings (SSSR count). The number of hydrogen-bond donors (Lipinski definition) is 0. The number of carbonyl (C=O) groups is 1. The normalized spacial score (nSPS) is 18.9. The van der Waals surface area contributed by atoms with Crippen LogP contribution in [-0.2, 0) is 31.7 Å². The van der Waals surface area contributed by atoms with Gasteiger partial charge in [0.05, 0.1) is 14.2 Å². The van der Waals surface area contributed by atoms with Gasteiger partial charge in [-0.05, 0) is 66.9 Å². The van der Waals surface area contributed by atoms with E-state index in [4.69, 9.17) is 23.4 Å². The number of allylic oxidation sites excluding steroid dienone is 1. The summed E-state index contributed by atoms with van der Waals surface area (Å²) in [5.41, 5.74) is 1.78. The van der Waals surface area contributed by atoms with Crippen molar-refractivity contribution >= 4 is 14.1 Å². The number of methoxy groups -OCH3 is 3. The van der Waals surface area contributed by atoms with Crippen LogP contribution in [-0.4, -0.2) is 58.1 Å². The molecule has 0 fully saturated rings. The Labute approximate surface area is 262 Å². The molecule has 0 N–H and O–H groups in total. The van der Waals surface area contributed by atoms with Gasteiger partial charge in [-0.15, -0.1) is 0 Å². The van der Waals surface area contributed by atoms with Crippen LogP contribution < -0.4 is 9.47 Å². The highest BCUT2D eigenvalue weighted by atomic mass is 28.4. The number of benzene rings is 2. The fourth-order valence-corrected chi connectivity index (χ4v) is 6.43. The Bertz CT molecular complexity index is 1400. The van der Waals surface area contributed by atoms with Crippen molar-refractivity contribution < 1.29 is 33.1 Å². The second-order valence-electron chi connectivity index (χ2n) is 12.9. The van der Waals surface area contributed by atoms with Crippen molar-refractivity contribution in [2.75, 3.05) is 21.3 Å². The van der Waals surface area contributed by atoms with Crippen molar-refractivity contribution in [1.29, 1.82) is 0 Å². The topological polar surface area (TPSA) is 106 Å². The van der Waals surface area contributed by atoms with E-state index in [0.717, 1.165) is 5.56 Å². The Balaban J connectivity index is 2.04. The summed E-state index contributed by atoms with van der Waals surface area (Å²) >= 11 is 0. The van der Waals surface area contributed by atoms with Gasteiger partial charge in [0, 0.05) is 30.4 Å². The van der Waals surface area contributed by atoms with Gasteiger partial charge in [-0.1, -0.05) is 57.2 Å². The smallest absolute Gasteiger partial charge is 0.241 e. The van der Waals surface area contributed by atoms with E-state index < -0.39 is 26.1 Å². The summed E-state index contributed by atoms with van der Waals surface area (Å²) in [7, 11) is 2.05. The molecule has 0 heterocycles. The summed E-state index contributed by atoms with van der Waals surface area (Å²) in [4.78, 5) is 25.7. The lowest BCUT2D eigenvalue weighted by molar-refractivity contribution is -0.533. The molecule has 0 amide bonds. The number of ether oxygens (including phenoxy) is 4. The second kappa shape index (κ2) is 14.1. The maximum atomic E-state index is 13.2. The van der Waals surface area contributed by atoms with Crippen LogP contribution in [0.4, 0.5) is 0 Å². The lowest BCUT2D eigenvalue weighted by Gasteiger charge is -2.41. The average Bonchev–Trinajstić information content (AvgIpc) is 2.98. The monoisotopic (exact) mass is 625 g/mol. The minimum Gasteiger partial charge on any atom is -0.493 e. The third-order valence-corrected chi connectivity index (χ3v) is 13.4. The van der Waals surface area contributed by atoms with E-state index in [1.807, 2.05) is 43.3 Å². The highest BCUT2D eigenvalue weighted by Crippen LogP contribution is 2.42. The molecule has 44 heavy (non-hydrogen) atoms. The molecule has 0 radical (unpaired) electrons. The van der Waals surface area contributed by atoms with Gasteiger partial charge in [-0.3, -0.25) is 14.9 Å². The molecule has 3 atom stereocenters. The van der Waals surface area contributed by atoms with Crippen molar-refractivity contribution in [3.63, 3.8) is 0 Å². The molecule has 9 nitrogen and oxygen atoms in total. The van der Waals surface area contributed by atoms with Crippen molar-refractivity contribution in [2.24, 2.45) is 0 Å². The van der Waals surface area contributed by atoms with Crippen molar-refractivity contribution in [1.82, 2.24) is 0 Å². The first-order chi connectivity index (χ1) is 20.6. The number of ketones is 1. The van der Waals surface area contributed by atoms with Gasteiger partial charge < -0.3 is 23.4 Å². The molecule has 10 heteroatoms. The predicted octanol–water partition coefficient (Wildman–Crippen LogP) is 7.08. The van der Waals surface area contributed by atoms with Crippen LogP contribution in [0.1, 0.15) is 52.2 Å². The van der Waals surface area contributed by atoms with E-state index in [2.05, 4.69) is 33.9 Å². The Morgan fingerprint density at radius 2 is 1.61 bits per heavy atom. The van der Waals surface area contributed by atoms with Crippen LogP contribution in [0.15, 0.2) is 71.5 Å². The van der Waals surface area contributed by atoms with Gasteiger partial charge in [0.2, 0.25) is 11.8 Å². The molecule has 0 saturated heterocycles. The number of nitro groups is 1. The van der Waals surface area contributed by atoms with E-state index in [1.165, 1.54) is 7.11 Å². The third kappa shape index (κ3) is 7.97. The molecule has 0 aromatic heterocycles. The fourth-order valence-electron chi connectivity index (χ4n) is 5.08. The quantitative estimate of drug-likeness (QED) is 0.125. The van der Waals surface area contributed by atoms with Crippen molar-refractivity contribution in [2.45, 2.75) is 89.9 Å². The van der Waals surface area contributed by atoms with Crippen molar-refractivity contribution in [3.05, 3.63) is 92.8 Å². The zero-order valence-electron chi connectivity index (χ0n) is 27.7. The highest BCUT2D eigenvalue weighted by molar-refractivity contribution is 6.74. The first kappa shape index (κ1) is 35.0. The molecular weight excluding hydrogens is 578 g/mol. The van der Waals surface area contributed by atoms with Gasteiger partial charge in [0.1, 0.15) is 18.3 Å². The number of Topliss-reactive ketones (excluding diaryl/α,β-unsaturated/α-hetero) is 1.